The number of rotatable bonds is 6. The Balaban J connectivity index is 1.55. The van der Waals surface area contributed by atoms with Gasteiger partial charge in [-0.05, 0) is 37.5 Å². The Labute approximate surface area is 164 Å². The fraction of sp³-hybridized carbons (Fsp3) is 0.450. The van der Waals surface area contributed by atoms with Crippen molar-refractivity contribution < 1.29 is 19.4 Å². The van der Waals surface area contributed by atoms with E-state index in [1.165, 1.54) is 10.7 Å². The maximum atomic E-state index is 12.6. The molecule has 0 saturated carbocycles. The van der Waals surface area contributed by atoms with E-state index in [4.69, 9.17) is 4.74 Å². The molecule has 1 unspecified atom stereocenters. The summed E-state index contributed by atoms with van der Waals surface area (Å²) in [5.74, 6) is 0.249. The maximum Gasteiger partial charge on any atom is 0.274 e. The molecule has 2 amide bonds. The molecule has 1 aromatic carbocycles. The highest BCUT2D eigenvalue weighted by atomic mass is 16.5. The van der Waals surface area contributed by atoms with E-state index in [1.807, 2.05) is 32.0 Å². The second-order valence-corrected chi connectivity index (χ2v) is 7.16. The van der Waals surface area contributed by atoms with Gasteiger partial charge in [0.25, 0.3) is 11.8 Å². The van der Waals surface area contributed by atoms with E-state index in [-0.39, 0.29) is 36.3 Å². The Bertz CT molecular complexity index is 877. The molecule has 3 rings (SSSR count). The molecule has 0 bridgehead atoms. The van der Waals surface area contributed by atoms with Gasteiger partial charge in [0.15, 0.2) is 5.69 Å². The van der Waals surface area contributed by atoms with Crippen LogP contribution in [0.25, 0.3) is 0 Å². The minimum atomic E-state index is -0.729. The normalized spacial score (nSPS) is 16.1. The van der Waals surface area contributed by atoms with Crippen molar-refractivity contribution in [2.45, 2.75) is 32.9 Å². The number of nitrogens with one attached hydrogen (secondary N) is 1. The number of hydrogen-bond donors (Lipinski definition) is 2. The average Bonchev–Trinajstić information content (AvgIpc) is 3.03. The Morgan fingerprint density at radius 2 is 2.18 bits per heavy atom. The van der Waals surface area contributed by atoms with Crippen LogP contribution in [-0.4, -0.2) is 64.4 Å². The Hall–Kier alpha value is -2.87. The predicted octanol–water partition coefficient (Wildman–Crippen LogP) is 1.15. The van der Waals surface area contributed by atoms with Gasteiger partial charge in [0.1, 0.15) is 11.4 Å². The van der Waals surface area contributed by atoms with E-state index >= 15 is 0 Å². The monoisotopic (exact) mass is 386 g/mol. The molecule has 0 spiro atoms. The number of ether oxygens (including phenoxy) is 1. The number of amides is 2. The molecule has 2 heterocycles. The number of aliphatic hydroxyl groups excluding tert-OH is 1. The van der Waals surface area contributed by atoms with Crippen molar-refractivity contribution in [2.24, 2.45) is 0 Å². The van der Waals surface area contributed by atoms with Gasteiger partial charge in [-0.1, -0.05) is 12.1 Å². The summed E-state index contributed by atoms with van der Waals surface area (Å²) in [4.78, 5) is 26.2. The van der Waals surface area contributed by atoms with Gasteiger partial charge in [-0.15, -0.1) is 0 Å². The lowest BCUT2D eigenvalue weighted by atomic mass is 10.1. The van der Waals surface area contributed by atoms with Crippen LogP contribution in [0.4, 0.5) is 0 Å². The first-order valence-corrected chi connectivity index (χ1v) is 9.35. The zero-order chi connectivity index (χ0) is 20.3. The molecule has 0 saturated heterocycles. The minimum absolute atomic E-state index is 0.172. The third kappa shape index (κ3) is 4.51. The number of carbonyl (C=O) groups is 2. The molecule has 1 atom stereocenters. The molecule has 2 N–H and O–H groups in total. The van der Waals surface area contributed by atoms with Crippen molar-refractivity contribution >= 4 is 11.8 Å². The molecule has 8 heteroatoms. The summed E-state index contributed by atoms with van der Waals surface area (Å²) in [5.41, 5.74) is 2.69. The zero-order valence-corrected chi connectivity index (χ0v) is 16.4. The second kappa shape index (κ2) is 8.43. The molecule has 28 heavy (non-hydrogen) atoms. The first-order valence-electron chi connectivity index (χ1n) is 9.35. The highest BCUT2D eigenvalue weighted by molar-refractivity contribution is 5.98. The van der Waals surface area contributed by atoms with Crippen LogP contribution >= 0.6 is 0 Å². The molecule has 150 valence electrons. The number of aliphatic hydroxyl groups is 1. The number of nitrogens with zero attached hydrogens (tertiary/aromatic N) is 3. The fourth-order valence-electron chi connectivity index (χ4n) is 3.05. The number of fused-ring (bicyclic) bond motifs is 1. The number of aromatic nitrogens is 2. The predicted molar refractivity (Wildman–Crippen MR) is 104 cm³/mol. The second-order valence-electron chi connectivity index (χ2n) is 7.16. The van der Waals surface area contributed by atoms with E-state index in [2.05, 4.69) is 10.4 Å². The Morgan fingerprint density at radius 3 is 2.96 bits per heavy atom. The summed E-state index contributed by atoms with van der Waals surface area (Å²) in [7, 11) is 1.69. The quantitative estimate of drug-likeness (QED) is 0.726. The summed E-state index contributed by atoms with van der Waals surface area (Å²) in [6, 6.07) is 7.54. The van der Waals surface area contributed by atoms with Crippen LogP contribution in [0.1, 0.15) is 38.5 Å². The van der Waals surface area contributed by atoms with Crippen LogP contribution in [0.3, 0.4) is 0 Å². The number of hydrogen-bond acceptors (Lipinski definition) is 5. The topological polar surface area (TPSA) is 96.7 Å². The smallest absolute Gasteiger partial charge is 0.274 e. The van der Waals surface area contributed by atoms with Gasteiger partial charge in [0.2, 0.25) is 0 Å². The van der Waals surface area contributed by atoms with Gasteiger partial charge in [0, 0.05) is 26.2 Å². The highest BCUT2D eigenvalue weighted by Gasteiger charge is 2.25. The minimum Gasteiger partial charge on any atom is -0.493 e. The van der Waals surface area contributed by atoms with E-state index in [1.54, 1.807) is 11.9 Å². The molecule has 8 nitrogen and oxygen atoms in total. The lowest BCUT2D eigenvalue weighted by molar-refractivity contribution is 0.0779. The van der Waals surface area contributed by atoms with E-state index in [0.29, 0.717) is 19.6 Å². The lowest BCUT2D eigenvalue weighted by Crippen LogP contribution is -2.31. The van der Waals surface area contributed by atoms with Crippen LogP contribution in [-0.2, 0) is 6.54 Å². The van der Waals surface area contributed by atoms with Crippen molar-refractivity contribution in [1.29, 1.82) is 0 Å². The molecular formula is C20H26N4O4. The van der Waals surface area contributed by atoms with Crippen LogP contribution in [0.5, 0.6) is 5.75 Å². The fourth-order valence-corrected chi connectivity index (χ4v) is 3.05. The molecule has 0 fully saturated rings. The van der Waals surface area contributed by atoms with Gasteiger partial charge in [-0.3, -0.25) is 14.3 Å². The van der Waals surface area contributed by atoms with Crippen molar-refractivity contribution in [1.82, 2.24) is 20.0 Å². The summed E-state index contributed by atoms with van der Waals surface area (Å²) in [6.07, 6.45) is -0.0597. The zero-order valence-electron chi connectivity index (χ0n) is 16.4. The SMILES string of the molecule is Cc1ccc(C)c(OCCCN(C)C(=O)c2cc3n(n2)CC(O)CNC3=O)c1. The van der Waals surface area contributed by atoms with Crippen molar-refractivity contribution in [2.75, 3.05) is 26.7 Å². The average molecular weight is 386 g/mol. The number of carbonyl (C=O) groups excluding carboxylic acids is 2. The Kier molecular flexibility index (Phi) is 5.99. The van der Waals surface area contributed by atoms with Gasteiger partial charge in [-0.2, -0.15) is 5.10 Å². The molecule has 0 aliphatic carbocycles. The third-order valence-corrected chi connectivity index (χ3v) is 4.70. The summed E-state index contributed by atoms with van der Waals surface area (Å²) in [6.45, 7) is 5.36. The number of β-amino-alcohol motifs (C(OH)–C–C–N with tert-alkyl or cyclic N) is 1. The van der Waals surface area contributed by atoms with Crippen molar-refractivity contribution in [3.63, 3.8) is 0 Å². The molecular weight excluding hydrogens is 360 g/mol. The van der Waals surface area contributed by atoms with Crippen LogP contribution < -0.4 is 10.1 Å². The summed E-state index contributed by atoms with van der Waals surface area (Å²) in [5, 5.41) is 16.6. The third-order valence-electron chi connectivity index (χ3n) is 4.70. The molecule has 1 aliphatic rings. The van der Waals surface area contributed by atoms with Crippen molar-refractivity contribution in [3.8, 4) is 5.75 Å². The first-order chi connectivity index (χ1) is 13.3. The van der Waals surface area contributed by atoms with Crippen molar-refractivity contribution in [3.05, 3.63) is 46.8 Å². The number of benzene rings is 1. The van der Waals surface area contributed by atoms with E-state index in [0.717, 1.165) is 16.9 Å². The first kappa shape index (κ1) is 19.9. The standard InChI is InChI=1S/C20H26N4O4/c1-13-5-6-14(2)18(9-13)28-8-4-7-23(3)20(27)16-10-17-19(26)21-11-15(25)12-24(17)22-16/h5-6,9-10,15,25H,4,7-8,11-12H2,1-3H3,(H,21,26). The van der Waals surface area contributed by atoms with Crippen LogP contribution in [0.15, 0.2) is 24.3 Å². The maximum absolute atomic E-state index is 12.6. The Morgan fingerprint density at radius 1 is 1.39 bits per heavy atom. The summed E-state index contributed by atoms with van der Waals surface area (Å²) >= 11 is 0. The van der Waals surface area contributed by atoms with Gasteiger partial charge in [0.05, 0.1) is 19.3 Å². The number of aryl methyl sites for hydroxylation is 2. The van der Waals surface area contributed by atoms with Gasteiger partial charge < -0.3 is 20.1 Å². The molecule has 1 aliphatic heterocycles. The molecule has 2 aromatic rings. The molecule has 1 aromatic heterocycles. The largest absolute Gasteiger partial charge is 0.493 e. The lowest BCUT2D eigenvalue weighted by Gasteiger charge is -2.16. The summed E-state index contributed by atoms with van der Waals surface area (Å²) < 4.78 is 7.21. The molecule has 0 radical (unpaired) electrons. The van der Waals surface area contributed by atoms with Gasteiger partial charge in [-0.25, -0.2) is 0 Å². The van der Waals surface area contributed by atoms with E-state index < -0.39 is 6.10 Å². The van der Waals surface area contributed by atoms with Gasteiger partial charge >= 0.3 is 0 Å². The van der Waals surface area contributed by atoms with E-state index in [9.17, 15) is 14.7 Å². The van der Waals surface area contributed by atoms with Crippen LogP contribution in [0.2, 0.25) is 0 Å². The highest BCUT2D eigenvalue weighted by Crippen LogP contribution is 2.19. The van der Waals surface area contributed by atoms with Crippen LogP contribution in [0, 0.1) is 13.8 Å².